The Balaban J connectivity index is 1.56. The van der Waals surface area contributed by atoms with Gasteiger partial charge in [-0.15, -0.1) is 0 Å². The number of nitrogens with one attached hydrogen (secondary N) is 1. The maximum absolute atomic E-state index is 12.6. The first-order chi connectivity index (χ1) is 13.3. The van der Waals surface area contributed by atoms with Gasteiger partial charge in [0.25, 0.3) is 5.91 Å². The highest BCUT2D eigenvalue weighted by Crippen LogP contribution is 2.32. The number of methoxy groups -OCH3 is 1. The Morgan fingerprint density at radius 1 is 1.39 bits per heavy atom. The fraction of sp³-hybridized carbons (Fsp3) is 0.389. The van der Waals surface area contributed by atoms with Crippen LogP contribution in [0, 0.1) is 0 Å². The zero-order chi connectivity index (χ0) is 20.3. The van der Waals surface area contributed by atoms with Crippen molar-refractivity contribution in [2.75, 3.05) is 25.2 Å². The molecule has 1 atom stereocenters. The molecule has 1 N–H and O–H groups in total. The minimum Gasteiger partial charge on any atom is -0.497 e. The highest BCUT2D eigenvalue weighted by atomic mass is 32.2. The van der Waals surface area contributed by atoms with Gasteiger partial charge in [0, 0.05) is 19.0 Å². The average Bonchev–Trinajstić information content (AvgIpc) is 3.12. The summed E-state index contributed by atoms with van der Waals surface area (Å²) >= 11 is 6.47. The Hall–Kier alpha value is -1.91. The van der Waals surface area contributed by atoms with Crippen LogP contribution in [0.3, 0.4) is 0 Å². The number of rotatable bonds is 6. The van der Waals surface area contributed by atoms with Crippen molar-refractivity contribution in [3.05, 3.63) is 34.7 Å². The quantitative estimate of drug-likeness (QED) is 0.530. The first kappa shape index (κ1) is 20.8. The van der Waals surface area contributed by atoms with Gasteiger partial charge in [0.2, 0.25) is 5.91 Å². The molecule has 2 fully saturated rings. The fourth-order valence-corrected chi connectivity index (χ4v) is 5.95. The Morgan fingerprint density at radius 3 is 2.71 bits per heavy atom. The first-order valence-electron chi connectivity index (χ1n) is 8.66. The van der Waals surface area contributed by atoms with Crippen molar-refractivity contribution in [3.8, 4) is 5.75 Å². The lowest BCUT2D eigenvalue weighted by molar-refractivity contribution is -0.124. The highest BCUT2D eigenvalue weighted by molar-refractivity contribution is 8.26. The van der Waals surface area contributed by atoms with Crippen molar-refractivity contribution >= 4 is 56.0 Å². The number of carbonyl (C=O) groups excluding carboxylic acids is 2. The number of amides is 2. The molecule has 2 amide bonds. The number of benzene rings is 1. The summed E-state index contributed by atoms with van der Waals surface area (Å²) in [5.41, 5.74) is 0.849. The lowest BCUT2D eigenvalue weighted by atomic mass is 10.2. The normalized spacial score (nSPS) is 22.7. The van der Waals surface area contributed by atoms with Crippen molar-refractivity contribution < 1.29 is 22.7 Å². The van der Waals surface area contributed by atoms with Crippen LogP contribution in [0.25, 0.3) is 6.08 Å². The molecule has 28 heavy (non-hydrogen) atoms. The van der Waals surface area contributed by atoms with Gasteiger partial charge in [-0.2, -0.15) is 0 Å². The SMILES string of the molecule is COc1ccc(/C=C2/SC(=S)N(CCC(=O)NC3CCS(=O)(=O)C3)C2=O)cc1. The van der Waals surface area contributed by atoms with Gasteiger partial charge in [-0.05, 0) is 30.2 Å². The standard InChI is InChI=1S/C18H20N2O5S3/c1-25-14-4-2-12(3-5-14)10-15-17(22)20(18(26)27-15)8-6-16(21)19-13-7-9-28(23,24)11-13/h2-5,10,13H,6-9,11H2,1H3,(H,19,21)/b15-10+. The van der Waals surface area contributed by atoms with Crippen LogP contribution in [0.15, 0.2) is 29.2 Å². The van der Waals surface area contributed by atoms with Crippen molar-refractivity contribution in [2.24, 2.45) is 0 Å². The zero-order valence-electron chi connectivity index (χ0n) is 15.2. The van der Waals surface area contributed by atoms with Gasteiger partial charge < -0.3 is 10.1 Å². The van der Waals surface area contributed by atoms with Gasteiger partial charge in [0.15, 0.2) is 9.84 Å². The van der Waals surface area contributed by atoms with E-state index >= 15 is 0 Å². The number of sulfone groups is 1. The van der Waals surface area contributed by atoms with E-state index < -0.39 is 9.84 Å². The van der Waals surface area contributed by atoms with E-state index in [2.05, 4.69) is 5.32 Å². The molecule has 2 heterocycles. The van der Waals surface area contributed by atoms with E-state index in [1.54, 1.807) is 25.3 Å². The molecular weight excluding hydrogens is 420 g/mol. The second-order valence-electron chi connectivity index (χ2n) is 6.52. The summed E-state index contributed by atoms with van der Waals surface area (Å²) in [6.07, 6.45) is 2.25. The highest BCUT2D eigenvalue weighted by Gasteiger charge is 2.33. The van der Waals surface area contributed by atoms with Crippen molar-refractivity contribution in [1.29, 1.82) is 0 Å². The number of hydrogen-bond acceptors (Lipinski definition) is 7. The molecule has 0 aromatic heterocycles. The molecule has 1 unspecified atom stereocenters. The molecule has 1 aromatic carbocycles. The van der Waals surface area contributed by atoms with Crippen LogP contribution in [0.1, 0.15) is 18.4 Å². The van der Waals surface area contributed by atoms with E-state index in [4.69, 9.17) is 17.0 Å². The molecule has 0 bridgehead atoms. The third-order valence-electron chi connectivity index (χ3n) is 4.45. The van der Waals surface area contributed by atoms with Crippen molar-refractivity contribution in [3.63, 3.8) is 0 Å². The molecule has 0 spiro atoms. The number of thiocarbonyl (C=S) groups is 1. The molecule has 150 valence electrons. The summed E-state index contributed by atoms with van der Waals surface area (Å²) in [7, 11) is -1.46. The van der Waals surface area contributed by atoms with Crippen LogP contribution >= 0.6 is 24.0 Å². The molecule has 2 aliphatic rings. The van der Waals surface area contributed by atoms with Crippen LogP contribution in [0.5, 0.6) is 5.75 Å². The number of nitrogens with zero attached hydrogens (tertiary/aromatic N) is 1. The first-order valence-corrected chi connectivity index (χ1v) is 11.7. The predicted octanol–water partition coefficient (Wildman–Crippen LogP) is 1.59. The maximum atomic E-state index is 12.6. The minimum absolute atomic E-state index is 0.0234. The molecule has 0 radical (unpaired) electrons. The van der Waals surface area contributed by atoms with Crippen LogP contribution in [0.4, 0.5) is 0 Å². The summed E-state index contributed by atoms with van der Waals surface area (Å²) in [6.45, 7) is 0.163. The van der Waals surface area contributed by atoms with E-state index in [1.165, 1.54) is 16.7 Å². The Labute approximate surface area is 173 Å². The molecule has 7 nitrogen and oxygen atoms in total. The lowest BCUT2D eigenvalue weighted by Gasteiger charge is -2.15. The monoisotopic (exact) mass is 440 g/mol. The Bertz CT molecular complexity index is 925. The second-order valence-corrected chi connectivity index (χ2v) is 10.4. The number of ether oxygens (including phenoxy) is 1. The largest absolute Gasteiger partial charge is 0.497 e. The van der Waals surface area contributed by atoms with Gasteiger partial charge in [0.1, 0.15) is 10.1 Å². The second kappa shape index (κ2) is 8.62. The van der Waals surface area contributed by atoms with E-state index in [0.29, 0.717) is 15.6 Å². The third-order valence-corrected chi connectivity index (χ3v) is 7.59. The van der Waals surface area contributed by atoms with Crippen LogP contribution in [0.2, 0.25) is 0 Å². The van der Waals surface area contributed by atoms with E-state index in [9.17, 15) is 18.0 Å². The van der Waals surface area contributed by atoms with Gasteiger partial charge in [-0.1, -0.05) is 36.1 Å². The van der Waals surface area contributed by atoms with E-state index in [0.717, 1.165) is 11.3 Å². The molecule has 2 aliphatic heterocycles. The van der Waals surface area contributed by atoms with E-state index in [-0.39, 0.29) is 42.3 Å². The molecule has 1 aromatic rings. The minimum atomic E-state index is -3.05. The Kier molecular flexibility index (Phi) is 6.41. The van der Waals surface area contributed by atoms with Crippen LogP contribution in [-0.2, 0) is 19.4 Å². The summed E-state index contributed by atoms with van der Waals surface area (Å²) in [5.74, 6) is 0.288. The van der Waals surface area contributed by atoms with Gasteiger partial charge in [-0.3, -0.25) is 14.5 Å². The van der Waals surface area contributed by atoms with E-state index in [1.807, 2.05) is 12.1 Å². The summed E-state index contributed by atoms with van der Waals surface area (Å²) < 4.78 is 28.4. The molecule has 0 aliphatic carbocycles. The topological polar surface area (TPSA) is 92.8 Å². The average molecular weight is 441 g/mol. The number of carbonyl (C=O) groups is 2. The van der Waals surface area contributed by atoms with Gasteiger partial charge >= 0.3 is 0 Å². The van der Waals surface area contributed by atoms with Crippen molar-refractivity contribution in [1.82, 2.24) is 10.2 Å². The summed E-state index contributed by atoms with van der Waals surface area (Å²) in [5, 5.41) is 2.72. The van der Waals surface area contributed by atoms with Gasteiger partial charge in [-0.25, -0.2) is 8.42 Å². The maximum Gasteiger partial charge on any atom is 0.266 e. The molecular formula is C18H20N2O5S3. The Morgan fingerprint density at radius 2 is 2.11 bits per heavy atom. The van der Waals surface area contributed by atoms with Crippen LogP contribution < -0.4 is 10.1 Å². The molecule has 0 saturated carbocycles. The third kappa shape index (κ3) is 5.12. The predicted molar refractivity (Wildman–Crippen MR) is 113 cm³/mol. The summed E-state index contributed by atoms with van der Waals surface area (Å²) in [4.78, 5) is 26.6. The summed E-state index contributed by atoms with van der Waals surface area (Å²) in [6, 6.07) is 6.95. The zero-order valence-corrected chi connectivity index (χ0v) is 17.7. The van der Waals surface area contributed by atoms with Gasteiger partial charge in [0.05, 0.1) is 23.5 Å². The molecule has 2 saturated heterocycles. The van der Waals surface area contributed by atoms with Crippen LogP contribution in [-0.4, -0.2) is 60.7 Å². The lowest BCUT2D eigenvalue weighted by Crippen LogP contribution is -2.38. The molecule has 3 rings (SSSR count). The number of thioether (sulfide) groups is 1. The molecule has 10 heteroatoms. The fourth-order valence-electron chi connectivity index (χ4n) is 2.97. The van der Waals surface area contributed by atoms with Crippen molar-refractivity contribution in [2.45, 2.75) is 18.9 Å². The number of hydrogen-bond donors (Lipinski definition) is 1. The smallest absolute Gasteiger partial charge is 0.266 e.